The number of nitrogens with one attached hydrogen (secondary N) is 1. The lowest BCUT2D eigenvalue weighted by molar-refractivity contribution is -0.115. The maximum absolute atomic E-state index is 13.1. The molecule has 0 fully saturated rings. The highest BCUT2D eigenvalue weighted by Gasteiger charge is 2.21. The zero-order valence-corrected chi connectivity index (χ0v) is 17.1. The van der Waals surface area contributed by atoms with Crippen molar-refractivity contribution in [2.75, 3.05) is 11.2 Å². The lowest BCUT2D eigenvalue weighted by Crippen LogP contribution is -2.23. The van der Waals surface area contributed by atoms with Crippen LogP contribution >= 0.6 is 39.3 Å². The predicted molar refractivity (Wildman–Crippen MR) is 109 cm³/mol. The van der Waals surface area contributed by atoms with Gasteiger partial charge in [0.2, 0.25) is 11.1 Å². The van der Waals surface area contributed by atoms with Crippen molar-refractivity contribution in [3.63, 3.8) is 0 Å². The molecule has 140 valence electrons. The molecule has 0 bridgehead atoms. The van der Waals surface area contributed by atoms with Gasteiger partial charge in [-0.2, -0.15) is 0 Å². The normalized spacial score (nSPS) is 12.0. The maximum Gasteiger partial charge on any atom is 0.237 e. The predicted octanol–water partition coefficient (Wildman–Crippen LogP) is 4.33. The van der Waals surface area contributed by atoms with E-state index in [1.165, 1.54) is 16.8 Å². The smallest absolute Gasteiger partial charge is 0.237 e. The van der Waals surface area contributed by atoms with Gasteiger partial charge < -0.3 is 11.2 Å². The van der Waals surface area contributed by atoms with Crippen LogP contribution in [0.1, 0.15) is 6.92 Å². The van der Waals surface area contributed by atoms with Crippen molar-refractivity contribution in [3.8, 4) is 11.4 Å². The van der Waals surface area contributed by atoms with Gasteiger partial charge in [-0.1, -0.05) is 51.4 Å². The van der Waals surface area contributed by atoms with Crippen LogP contribution in [-0.4, -0.2) is 26.0 Å². The zero-order valence-electron chi connectivity index (χ0n) is 14.0. The van der Waals surface area contributed by atoms with Crippen LogP contribution in [0.25, 0.3) is 11.4 Å². The molecule has 3 rings (SSSR count). The number of amides is 1. The molecule has 3 aromatic rings. The molecule has 1 unspecified atom stereocenters. The summed E-state index contributed by atoms with van der Waals surface area (Å²) in [6.07, 6.45) is 0. The summed E-state index contributed by atoms with van der Waals surface area (Å²) in [7, 11) is 0. The molecule has 2 aromatic carbocycles. The molecule has 3 N–H and O–H groups in total. The van der Waals surface area contributed by atoms with Gasteiger partial charge in [0.15, 0.2) is 5.82 Å². The third-order valence-corrected chi connectivity index (χ3v) is 5.68. The zero-order chi connectivity index (χ0) is 19.6. The molecule has 27 heavy (non-hydrogen) atoms. The van der Waals surface area contributed by atoms with Gasteiger partial charge in [0.05, 0.1) is 16.0 Å². The van der Waals surface area contributed by atoms with Crippen LogP contribution in [-0.2, 0) is 4.79 Å². The summed E-state index contributed by atoms with van der Waals surface area (Å²) in [6.45, 7) is 1.70. The minimum atomic E-state index is -0.537. The first-order chi connectivity index (χ1) is 12.9. The van der Waals surface area contributed by atoms with Crippen LogP contribution in [0.3, 0.4) is 0 Å². The van der Waals surface area contributed by atoms with Crippen LogP contribution in [0, 0.1) is 5.82 Å². The monoisotopic (exact) mass is 469 g/mol. The fraction of sp³-hybridized carbons (Fsp3) is 0.118. The minimum Gasteiger partial charge on any atom is -0.335 e. The van der Waals surface area contributed by atoms with Gasteiger partial charge in [-0.05, 0) is 37.3 Å². The van der Waals surface area contributed by atoms with Crippen molar-refractivity contribution < 1.29 is 9.18 Å². The minimum absolute atomic E-state index is 0.124. The van der Waals surface area contributed by atoms with E-state index in [-0.39, 0.29) is 10.9 Å². The Bertz CT molecular complexity index is 999. The molecule has 0 saturated carbocycles. The van der Waals surface area contributed by atoms with Crippen LogP contribution in [0.15, 0.2) is 52.1 Å². The van der Waals surface area contributed by atoms with E-state index in [1.54, 1.807) is 6.92 Å². The summed E-state index contributed by atoms with van der Waals surface area (Å²) >= 11 is 10.5. The molecule has 10 heteroatoms. The highest BCUT2D eigenvalue weighted by atomic mass is 79.9. The number of carbonyl (C=O) groups is 1. The highest BCUT2D eigenvalue weighted by molar-refractivity contribution is 9.10. The second-order valence-electron chi connectivity index (χ2n) is 5.53. The van der Waals surface area contributed by atoms with E-state index in [2.05, 4.69) is 31.4 Å². The van der Waals surface area contributed by atoms with E-state index < -0.39 is 11.1 Å². The van der Waals surface area contributed by atoms with Gasteiger partial charge in [0.25, 0.3) is 0 Å². The van der Waals surface area contributed by atoms with E-state index in [4.69, 9.17) is 17.4 Å². The summed E-state index contributed by atoms with van der Waals surface area (Å²) < 4.78 is 15.3. The molecule has 1 heterocycles. The number of nitrogens with zero attached hydrogens (tertiary/aromatic N) is 3. The molecule has 0 aliphatic rings. The number of carbonyl (C=O) groups excluding carboxylic acids is 1. The lowest BCUT2D eigenvalue weighted by Gasteiger charge is -2.12. The maximum atomic E-state index is 13.1. The van der Waals surface area contributed by atoms with Crippen LogP contribution < -0.4 is 11.2 Å². The number of hydrogen-bond donors (Lipinski definition) is 2. The van der Waals surface area contributed by atoms with E-state index in [1.807, 2.05) is 24.3 Å². The summed E-state index contributed by atoms with van der Waals surface area (Å²) in [5, 5.41) is 10.8. The van der Waals surface area contributed by atoms with Gasteiger partial charge in [-0.25, -0.2) is 9.07 Å². The molecule has 0 aliphatic carbocycles. The number of nitrogen functional groups attached to an aromatic ring is 1. The number of thioether (sulfide) groups is 1. The Morgan fingerprint density at radius 2 is 2.07 bits per heavy atom. The Kier molecular flexibility index (Phi) is 6.03. The van der Waals surface area contributed by atoms with Crippen LogP contribution in [0.5, 0.6) is 0 Å². The van der Waals surface area contributed by atoms with Gasteiger partial charge in [-0.15, -0.1) is 10.2 Å². The Hall–Kier alpha value is -2.10. The molecule has 0 aliphatic heterocycles. The van der Waals surface area contributed by atoms with Gasteiger partial charge in [-0.3, -0.25) is 4.79 Å². The Balaban J connectivity index is 1.73. The SMILES string of the molecule is CC(Sc1nnc(-c2ccccc2Br)n1N)C(=O)Nc1ccc(F)cc1Cl. The Morgan fingerprint density at radius 3 is 2.78 bits per heavy atom. The van der Waals surface area contributed by atoms with Crippen molar-refractivity contribution in [2.45, 2.75) is 17.3 Å². The van der Waals surface area contributed by atoms with Gasteiger partial charge >= 0.3 is 0 Å². The Labute approximate surface area is 172 Å². The standard InChI is InChI=1S/C17H14BrClFN5OS/c1-9(16(26)22-14-7-6-10(20)8-13(14)19)27-17-24-23-15(25(17)21)11-4-2-3-5-12(11)18/h2-9H,21H2,1H3,(H,22,26). The van der Waals surface area contributed by atoms with Crippen molar-refractivity contribution in [3.05, 3.63) is 57.8 Å². The van der Waals surface area contributed by atoms with E-state index in [0.717, 1.165) is 27.9 Å². The molecule has 0 spiro atoms. The first kappa shape index (κ1) is 19.7. The molecule has 1 aromatic heterocycles. The first-order valence-corrected chi connectivity index (χ1v) is 9.80. The summed E-state index contributed by atoms with van der Waals surface area (Å²) in [5.74, 6) is 5.78. The van der Waals surface area contributed by atoms with Gasteiger partial charge in [0.1, 0.15) is 5.82 Å². The summed E-state index contributed by atoms with van der Waals surface area (Å²) in [6, 6.07) is 11.2. The van der Waals surface area contributed by atoms with E-state index in [0.29, 0.717) is 16.7 Å². The number of aromatic nitrogens is 3. The number of hydrogen-bond acceptors (Lipinski definition) is 5. The van der Waals surface area contributed by atoms with Gasteiger partial charge in [0, 0.05) is 10.0 Å². The second kappa shape index (κ2) is 8.28. The lowest BCUT2D eigenvalue weighted by atomic mass is 10.2. The molecule has 6 nitrogen and oxygen atoms in total. The van der Waals surface area contributed by atoms with Crippen LogP contribution in [0.2, 0.25) is 5.02 Å². The summed E-state index contributed by atoms with van der Waals surface area (Å²) in [5.41, 5.74) is 1.12. The van der Waals surface area contributed by atoms with Crippen molar-refractivity contribution in [2.24, 2.45) is 0 Å². The number of benzene rings is 2. The number of nitrogens with two attached hydrogens (primary N) is 1. The quantitative estimate of drug-likeness (QED) is 0.428. The van der Waals surface area contributed by atoms with Crippen molar-refractivity contribution in [1.82, 2.24) is 14.9 Å². The van der Waals surface area contributed by atoms with E-state index >= 15 is 0 Å². The third kappa shape index (κ3) is 4.42. The second-order valence-corrected chi connectivity index (χ2v) is 8.10. The fourth-order valence-electron chi connectivity index (χ4n) is 2.22. The fourth-order valence-corrected chi connectivity index (χ4v) is 3.67. The molecule has 1 atom stereocenters. The molecular weight excluding hydrogens is 457 g/mol. The number of anilines is 1. The highest BCUT2D eigenvalue weighted by Crippen LogP contribution is 2.30. The van der Waals surface area contributed by atoms with E-state index in [9.17, 15) is 9.18 Å². The number of rotatable bonds is 5. The summed E-state index contributed by atoms with van der Waals surface area (Å²) in [4.78, 5) is 12.4. The topological polar surface area (TPSA) is 85.8 Å². The van der Waals surface area contributed by atoms with Crippen molar-refractivity contribution >= 4 is 50.9 Å². The molecule has 1 amide bonds. The molecule has 0 radical (unpaired) electrons. The molecule has 0 saturated heterocycles. The van der Waals surface area contributed by atoms with Crippen molar-refractivity contribution in [1.29, 1.82) is 0 Å². The Morgan fingerprint density at radius 1 is 1.33 bits per heavy atom. The molecular formula is C17H14BrClFN5OS. The average molecular weight is 471 g/mol. The van der Waals surface area contributed by atoms with Crippen LogP contribution in [0.4, 0.5) is 10.1 Å². The number of halogens is 3. The first-order valence-electron chi connectivity index (χ1n) is 7.74. The largest absolute Gasteiger partial charge is 0.335 e. The average Bonchev–Trinajstić information content (AvgIpc) is 2.98. The third-order valence-electron chi connectivity index (χ3n) is 3.62.